The highest BCUT2D eigenvalue weighted by Crippen LogP contribution is 2.70. The Bertz CT molecular complexity index is 601. The predicted octanol–water partition coefficient (Wildman–Crippen LogP) is 1.36. The van der Waals surface area contributed by atoms with E-state index in [1.807, 2.05) is 5.48 Å². The van der Waals surface area contributed by atoms with Crippen LogP contribution in [-0.2, 0) is 14.8 Å². The van der Waals surface area contributed by atoms with E-state index in [1.54, 1.807) is 13.8 Å². The summed E-state index contributed by atoms with van der Waals surface area (Å²) >= 11 is 0. The summed E-state index contributed by atoms with van der Waals surface area (Å²) in [6, 6.07) is -1.12. The number of sulfonamides is 1. The Morgan fingerprint density at radius 1 is 1.36 bits per heavy atom. The van der Waals surface area contributed by atoms with Crippen LogP contribution in [0.5, 0.6) is 0 Å². The van der Waals surface area contributed by atoms with Crippen LogP contribution in [0.2, 0.25) is 0 Å². The molecular weight excluding hydrogens is 306 g/mol. The van der Waals surface area contributed by atoms with Gasteiger partial charge in [0, 0.05) is 5.41 Å². The molecular formula is C15H26N2O4S. The van der Waals surface area contributed by atoms with Crippen molar-refractivity contribution in [2.75, 3.05) is 5.75 Å². The molecule has 7 heteroatoms. The molecule has 3 fully saturated rings. The number of fused-ring (bicyclic) bond motifs is 1. The molecule has 0 aromatic carbocycles. The molecule has 0 radical (unpaired) electrons. The normalized spacial score (nSPS) is 39.3. The molecule has 0 unspecified atom stereocenters. The molecule has 6 nitrogen and oxygen atoms in total. The van der Waals surface area contributed by atoms with Gasteiger partial charge in [0.2, 0.25) is 10.0 Å². The van der Waals surface area contributed by atoms with E-state index < -0.39 is 22.0 Å². The summed E-state index contributed by atoms with van der Waals surface area (Å²) in [6.07, 6.45) is 2.68. The Labute approximate surface area is 132 Å². The molecule has 2 aliphatic carbocycles. The zero-order valence-corrected chi connectivity index (χ0v) is 14.5. The number of carbonyl (C=O) groups excluding carboxylic acids is 1. The fourth-order valence-electron chi connectivity index (χ4n) is 5.21. The average Bonchev–Trinajstić information content (AvgIpc) is 2.85. The van der Waals surface area contributed by atoms with Crippen LogP contribution >= 0.6 is 0 Å². The number of hydrogen-bond acceptors (Lipinski definition) is 5. The van der Waals surface area contributed by atoms with Crippen molar-refractivity contribution >= 4 is 15.9 Å². The number of carbonyl (C=O) groups is 1. The first-order valence-electron chi connectivity index (χ1n) is 8.04. The number of nitrogens with one attached hydrogen (secondary N) is 1. The third-order valence-electron chi connectivity index (χ3n) is 6.70. The van der Waals surface area contributed by atoms with E-state index >= 15 is 0 Å². The quantitative estimate of drug-likeness (QED) is 0.463. The fourth-order valence-corrected chi connectivity index (χ4v) is 7.77. The maximum Gasteiger partial charge on any atom is 0.256 e. The van der Waals surface area contributed by atoms with Crippen LogP contribution in [0, 0.1) is 22.7 Å². The lowest BCUT2D eigenvalue weighted by molar-refractivity contribution is -0.135. The van der Waals surface area contributed by atoms with Crippen molar-refractivity contribution in [1.82, 2.24) is 9.79 Å². The van der Waals surface area contributed by atoms with Crippen molar-refractivity contribution in [3.8, 4) is 0 Å². The molecule has 2 bridgehead atoms. The van der Waals surface area contributed by atoms with E-state index in [0.29, 0.717) is 5.92 Å². The molecule has 1 aliphatic heterocycles. The van der Waals surface area contributed by atoms with E-state index in [2.05, 4.69) is 13.8 Å². The molecule has 4 atom stereocenters. The first-order chi connectivity index (χ1) is 10.1. The summed E-state index contributed by atoms with van der Waals surface area (Å²) in [5.74, 6) is -0.155. The maximum absolute atomic E-state index is 12.8. The van der Waals surface area contributed by atoms with Gasteiger partial charge in [0.15, 0.2) is 0 Å². The highest BCUT2D eigenvalue weighted by Gasteiger charge is 2.72. The van der Waals surface area contributed by atoms with Gasteiger partial charge in [0.1, 0.15) is 6.04 Å². The molecule has 1 amide bonds. The van der Waals surface area contributed by atoms with Crippen molar-refractivity contribution in [3.05, 3.63) is 0 Å². The Hall–Kier alpha value is -0.660. The largest absolute Gasteiger partial charge is 0.316 e. The van der Waals surface area contributed by atoms with Gasteiger partial charge in [-0.25, -0.2) is 12.7 Å². The van der Waals surface area contributed by atoms with Gasteiger partial charge in [-0.05, 0) is 36.5 Å². The van der Waals surface area contributed by atoms with Gasteiger partial charge in [-0.1, -0.05) is 27.7 Å². The summed E-state index contributed by atoms with van der Waals surface area (Å²) in [5.41, 5.74) is 1.63. The van der Waals surface area contributed by atoms with Crippen LogP contribution in [0.4, 0.5) is 0 Å². The van der Waals surface area contributed by atoms with Gasteiger partial charge >= 0.3 is 0 Å². The Kier molecular flexibility index (Phi) is 3.44. The fraction of sp³-hybridized carbons (Fsp3) is 0.933. The van der Waals surface area contributed by atoms with Gasteiger partial charge in [-0.3, -0.25) is 4.79 Å². The monoisotopic (exact) mass is 332 g/mol. The highest BCUT2D eigenvalue weighted by atomic mass is 32.2. The molecule has 0 aromatic heterocycles. The minimum absolute atomic E-state index is 0.0558. The summed E-state index contributed by atoms with van der Waals surface area (Å²) in [4.78, 5) is 12.8. The minimum atomic E-state index is -3.62. The van der Waals surface area contributed by atoms with E-state index in [9.17, 15) is 18.4 Å². The number of rotatable bonds is 3. The number of nitrogens with zero attached hydrogens (tertiary/aromatic N) is 1. The topological polar surface area (TPSA) is 86.7 Å². The van der Waals surface area contributed by atoms with Crippen LogP contribution in [0.25, 0.3) is 0 Å². The minimum Gasteiger partial charge on any atom is -0.316 e. The van der Waals surface area contributed by atoms with Crippen LogP contribution in [-0.4, -0.2) is 41.7 Å². The van der Waals surface area contributed by atoms with Crippen LogP contribution < -0.4 is 5.48 Å². The van der Waals surface area contributed by atoms with E-state index in [-0.39, 0.29) is 28.5 Å². The molecule has 0 aromatic rings. The second kappa shape index (κ2) is 4.68. The number of hydroxylamine groups is 1. The van der Waals surface area contributed by atoms with Crippen molar-refractivity contribution in [1.29, 1.82) is 0 Å². The summed E-state index contributed by atoms with van der Waals surface area (Å²) < 4.78 is 26.6. The maximum atomic E-state index is 12.8. The van der Waals surface area contributed by atoms with Gasteiger partial charge < -0.3 is 5.21 Å². The van der Waals surface area contributed by atoms with Gasteiger partial charge in [-0.2, -0.15) is 5.48 Å². The van der Waals surface area contributed by atoms with Crippen LogP contribution in [0.15, 0.2) is 0 Å². The molecule has 22 heavy (non-hydrogen) atoms. The van der Waals surface area contributed by atoms with E-state index in [1.165, 1.54) is 0 Å². The molecule has 1 spiro atoms. The lowest BCUT2D eigenvalue weighted by Gasteiger charge is -2.37. The van der Waals surface area contributed by atoms with Crippen LogP contribution in [0.3, 0.4) is 0 Å². The number of amides is 1. The molecule has 2 N–H and O–H groups in total. The van der Waals surface area contributed by atoms with E-state index in [4.69, 9.17) is 0 Å². The van der Waals surface area contributed by atoms with E-state index in [0.717, 1.165) is 23.6 Å². The molecule has 1 saturated heterocycles. The number of hydrogen-bond donors (Lipinski definition) is 2. The lowest BCUT2D eigenvalue weighted by Crippen LogP contribution is -2.52. The first-order valence-corrected chi connectivity index (χ1v) is 9.65. The summed E-state index contributed by atoms with van der Waals surface area (Å²) in [5, 5.41) is 9.28. The standard InChI is InChI=1S/C15H26N2O4S/c1-9(2)12(16-19)13(18)17-11-7-10-5-6-15(11,14(10,3)4)8-22(17,20)21/h9-12,16,19H,5-8H2,1-4H3/t10-,11-,12-,15-/m0/s1/i13+1,16+1. The Balaban J connectivity index is 2.02. The van der Waals surface area contributed by atoms with Gasteiger partial charge in [0.25, 0.3) is 5.91 Å². The van der Waals surface area contributed by atoms with Gasteiger partial charge in [0.05, 0.1) is 11.8 Å². The lowest BCUT2D eigenvalue weighted by atomic mass is 9.69. The Morgan fingerprint density at radius 3 is 2.50 bits per heavy atom. The molecule has 3 rings (SSSR count). The third-order valence-corrected chi connectivity index (χ3v) is 8.61. The van der Waals surface area contributed by atoms with Gasteiger partial charge in [-0.15, -0.1) is 0 Å². The van der Waals surface area contributed by atoms with Crippen molar-refractivity contribution < 1.29 is 18.4 Å². The van der Waals surface area contributed by atoms with Crippen molar-refractivity contribution in [3.63, 3.8) is 0 Å². The van der Waals surface area contributed by atoms with Crippen LogP contribution in [0.1, 0.15) is 47.0 Å². The zero-order chi connectivity index (χ0) is 16.5. The SMILES string of the molecule is CC(C)[C@H]([15NH]O)[13C](=O)N1[C@H]2C[C@@H]3CC[C@@]2(CS1(=O)=O)C3(C)C. The summed E-state index contributed by atoms with van der Waals surface area (Å²) in [7, 11) is -3.62. The average molecular weight is 332 g/mol. The molecule has 2 saturated carbocycles. The second-order valence-electron chi connectivity index (χ2n) is 8.11. The predicted molar refractivity (Wildman–Crippen MR) is 81.5 cm³/mol. The molecule has 1 heterocycles. The smallest absolute Gasteiger partial charge is 0.256 e. The zero-order valence-electron chi connectivity index (χ0n) is 13.7. The molecule has 126 valence electrons. The third kappa shape index (κ3) is 1.79. The van der Waals surface area contributed by atoms with Crippen molar-refractivity contribution in [2.24, 2.45) is 22.7 Å². The first kappa shape index (κ1) is 16.2. The molecule has 3 aliphatic rings. The Morgan fingerprint density at radius 2 is 2.00 bits per heavy atom. The highest BCUT2D eigenvalue weighted by molar-refractivity contribution is 7.90. The second-order valence-corrected chi connectivity index (χ2v) is 9.95. The van der Waals surface area contributed by atoms with Crippen molar-refractivity contribution in [2.45, 2.75) is 59.0 Å². The summed E-state index contributed by atoms with van der Waals surface area (Å²) in [6.45, 7) is 7.88.